The smallest absolute Gasteiger partial charge is 0.400 e. The summed E-state index contributed by atoms with van der Waals surface area (Å²) in [7, 11) is -2.48. The molecular weight excluding hydrogens is 269 g/mol. The maximum absolute atomic E-state index is 12.1. The number of aliphatic carboxylic acids is 1. The molecule has 7 heteroatoms. The second-order valence-electron chi connectivity index (χ2n) is 3.66. The number of halogens is 3. The SMILES string of the molecule is O=C(O)C(Cc1ccccc1)S(=O)CC(F)(F)F. The van der Waals surface area contributed by atoms with Gasteiger partial charge in [0.05, 0.1) is 0 Å². The van der Waals surface area contributed by atoms with Crippen molar-refractivity contribution >= 4 is 16.8 Å². The van der Waals surface area contributed by atoms with Gasteiger partial charge in [-0.15, -0.1) is 0 Å². The minimum atomic E-state index is -4.63. The van der Waals surface area contributed by atoms with Crippen molar-refractivity contribution < 1.29 is 27.3 Å². The molecule has 0 saturated carbocycles. The molecule has 3 nitrogen and oxygen atoms in total. The van der Waals surface area contributed by atoms with E-state index in [0.717, 1.165) is 0 Å². The zero-order chi connectivity index (χ0) is 13.8. The van der Waals surface area contributed by atoms with E-state index in [9.17, 15) is 22.2 Å². The third-order valence-corrected chi connectivity index (χ3v) is 3.78. The van der Waals surface area contributed by atoms with E-state index < -0.39 is 33.9 Å². The summed E-state index contributed by atoms with van der Waals surface area (Å²) < 4.78 is 47.7. The van der Waals surface area contributed by atoms with Gasteiger partial charge in [-0.25, -0.2) is 0 Å². The average Bonchev–Trinajstić information content (AvgIpc) is 2.24. The number of alkyl halides is 3. The highest BCUT2D eigenvalue weighted by Crippen LogP contribution is 2.19. The fraction of sp³-hybridized carbons (Fsp3) is 0.364. The van der Waals surface area contributed by atoms with Crippen molar-refractivity contribution in [2.45, 2.75) is 17.8 Å². The van der Waals surface area contributed by atoms with Crippen molar-refractivity contribution in [2.24, 2.45) is 0 Å². The molecule has 0 aliphatic rings. The summed E-state index contributed by atoms with van der Waals surface area (Å²) in [5.74, 6) is -3.09. The molecule has 100 valence electrons. The Morgan fingerprint density at radius 1 is 1.28 bits per heavy atom. The standard InChI is InChI=1S/C11H11F3O3S/c12-11(13,14)7-18(17)9(10(15)16)6-8-4-2-1-3-5-8/h1-5,9H,6-7H2,(H,15,16). The summed E-state index contributed by atoms with van der Waals surface area (Å²) in [6.45, 7) is 0. The fourth-order valence-electron chi connectivity index (χ4n) is 1.38. The van der Waals surface area contributed by atoms with Crippen molar-refractivity contribution in [2.75, 3.05) is 5.75 Å². The molecular formula is C11H11F3O3S. The first-order valence-electron chi connectivity index (χ1n) is 5.00. The molecule has 18 heavy (non-hydrogen) atoms. The molecule has 0 fully saturated rings. The van der Waals surface area contributed by atoms with Gasteiger partial charge < -0.3 is 5.11 Å². The van der Waals surface area contributed by atoms with E-state index in [1.807, 2.05) is 0 Å². The summed E-state index contributed by atoms with van der Waals surface area (Å²) in [5, 5.41) is 7.29. The Morgan fingerprint density at radius 2 is 1.83 bits per heavy atom. The summed E-state index contributed by atoms with van der Waals surface area (Å²) in [4.78, 5) is 10.9. The van der Waals surface area contributed by atoms with Gasteiger partial charge in [-0.3, -0.25) is 9.00 Å². The van der Waals surface area contributed by atoms with Gasteiger partial charge in [0.25, 0.3) is 0 Å². The number of carboxylic acids is 1. The molecule has 0 spiro atoms. The molecule has 1 aromatic rings. The van der Waals surface area contributed by atoms with Crippen LogP contribution in [0.15, 0.2) is 30.3 Å². The second-order valence-corrected chi connectivity index (χ2v) is 5.28. The number of hydrogen-bond acceptors (Lipinski definition) is 2. The molecule has 0 aromatic heterocycles. The molecule has 2 unspecified atom stereocenters. The highest BCUT2D eigenvalue weighted by Gasteiger charge is 2.36. The van der Waals surface area contributed by atoms with E-state index in [-0.39, 0.29) is 6.42 Å². The zero-order valence-electron chi connectivity index (χ0n) is 9.18. The normalized spacial score (nSPS) is 15.1. The van der Waals surface area contributed by atoms with Gasteiger partial charge >= 0.3 is 12.1 Å². The van der Waals surface area contributed by atoms with Gasteiger partial charge in [-0.2, -0.15) is 13.2 Å². The van der Waals surface area contributed by atoms with Crippen LogP contribution in [0.25, 0.3) is 0 Å². The number of rotatable bonds is 5. The molecule has 0 amide bonds. The molecule has 0 aliphatic carbocycles. The van der Waals surface area contributed by atoms with E-state index in [1.54, 1.807) is 30.3 Å². The lowest BCUT2D eigenvalue weighted by atomic mass is 10.1. The second kappa shape index (κ2) is 5.99. The van der Waals surface area contributed by atoms with E-state index in [0.29, 0.717) is 5.56 Å². The van der Waals surface area contributed by atoms with Crippen LogP contribution in [0.4, 0.5) is 13.2 Å². The Hall–Kier alpha value is -1.37. The van der Waals surface area contributed by atoms with Crippen LogP contribution in [-0.4, -0.2) is 32.5 Å². The molecule has 0 saturated heterocycles. The minimum absolute atomic E-state index is 0.182. The van der Waals surface area contributed by atoms with Crippen LogP contribution < -0.4 is 0 Å². The largest absolute Gasteiger partial charge is 0.480 e. The fourth-order valence-corrected chi connectivity index (χ4v) is 2.51. The van der Waals surface area contributed by atoms with Crippen molar-refractivity contribution in [3.05, 3.63) is 35.9 Å². The summed E-state index contributed by atoms with van der Waals surface area (Å²) in [6.07, 6.45) is -4.81. The van der Waals surface area contributed by atoms with Crippen LogP contribution >= 0.6 is 0 Å². The quantitative estimate of drug-likeness (QED) is 0.897. The third kappa shape index (κ3) is 4.87. The van der Waals surface area contributed by atoms with Gasteiger partial charge in [-0.05, 0) is 12.0 Å². The monoisotopic (exact) mass is 280 g/mol. The van der Waals surface area contributed by atoms with E-state index in [1.165, 1.54) is 0 Å². The van der Waals surface area contributed by atoms with Gasteiger partial charge in [0.15, 0.2) is 0 Å². The van der Waals surface area contributed by atoms with Gasteiger partial charge in [0.2, 0.25) is 0 Å². The lowest BCUT2D eigenvalue weighted by Crippen LogP contribution is -2.33. The van der Waals surface area contributed by atoms with Crippen molar-refractivity contribution in [3.63, 3.8) is 0 Å². The Balaban J connectivity index is 2.78. The summed E-state index contributed by atoms with van der Waals surface area (Å²) >= 11 is 0. The van der Waals surface area contributed by atoms with Crippen molar-refractivity contribution in [1.29, 1.82) is 0 Å². The Kier molecular flexibility index (Phi) is 4.89. The lowest BCUT2D eigenvalue weighted by Gasteiger charge is -2.13. The van der Waals surface area contributed by atoms with Crippen LogP contribution in [0.1, 0.15) is 5.56 Å². The first-order valence-corrected chi connectivity index (χ1v) is 6.38. The van der Waals surface area contributed by atoms with Crippen LogP contribution in [0.2, 0.25) is 0 Å². The molecule has 1 aromatic carbocycles. The average molecular weight is 280 g/mol. The number of benzene rings is 1. The van der Waals surface area contributed by atoms with Gasteiger partial charge in [-0.1, -0.05) is 30.3 Å². The van der Waals surface area contributed by atoms with Crippen LogP contribution in [0, 0.1) is 0 Å². The molecule has 2 atom stereocenters. The van der Waals surface area contributed by atoms with Crippen molar-refractivity contribution in [1.82, 2.24) is 0 Å². The number of carboxylic acid groups (broad SMARTS) is 1. The van der Waals surface area contributed by atoms with Gasteiger partial charge in [0.1, 0.15) is 11.0 Å². The third-order valence-electron chi connectivity index (χ3n) is 2.16. The summed E-state index contributed by atoms with van der Waals surface area (Å²) in [6, 6.07) is 8.15. The van der Waals surface area contributed by atoms with E-state index >= 15 is 0 Å². The molecule has 1 N–H and O–H groups in total. The predicted molar refractivity (Wildman–Crippen MR) is 60.6 cm³/mol. The molecule has 0 aliphatic heterocycles. The summed E-state index contributed by atoms with van der Waals surface area (Å²) in [5.41, 5.74) is 0.542. The molecule has 0 heterocycles. The van der Waals surface area contributed by atoms with E-state index in [2.05, 4.69) is 0 Å². The first kappa shape index (κ1) is 14.7. The maximum Gasteiger partial charge on any atom is 0.400 e. The molecule has 1 rings (SSSR count). The number of hydrogen-bond donors (Lipinski definition) is 1. The highest BCUT2D eigenvalue weighted by atomic mass is 32.2. The van der Waals surface area contributed by atoms with Crippen molar-refractivity contribution in [3.8, 4) is 0 Å². The Bertz CT molecular complexity index is 431. The van der Waals surface area contributed by atoms with E-state index in [4.69, 9.17) is 5.11 Å². The Morgan fingerprint density at radius 3 is 2.28 bits per heavy atom. The molecule has 0 radical (unpaired) electrons. The predicted octanol–water partition coefficient (Wildman–Crippen LogP) is 1.99. The minimum Gasteiger partial charge on any atom is -0.480 e. The first-order chi connectivity index (χ1) is 8.29. The maximum atomic E-state index is 12.1. The number of carbonyl (C=O) groups is 1. The lowest BCUT2D eigenvalue weighted by molar-refractivity contribution is -0.136. The van der Waals surface area contributed by atoms with Crippen LogP contribution in [0.3, 0.4) is 0 Å². The molecule has 0 bridgehead atoms. The van der Waals surface area contributed by atoms with Crippen LogP contribution in [0.5, 0.6) is 0 Å². The Labute approximate surface area is 104 Å². The highest BCUT2D eigenvalue weighted by molar-refractivity contribution is 7.86. The van der Waals surface area contributed by atoms with Crippen LogP contribution in [-0.2, 0) is 22.0 Å². The van der Waals surface area contributed by atoms with Gasteiger partial charge in [0, 0.05) is 10.8 Å². The zero-order valence-corrected chi connectivity index (χ0v) is 10.0. The topological polar surface area (TPSA) is 54.4 Å².